The number of imidazole rings is 1. The molecule has 1 aliphatic carbocycles. The van der Waals surface area contributed by atoms with E-state index in [0.717, 1.165) is 30.3 Å². The number of ether oxygens (including phenoxy) is 1. The maximum absolute atomic E-state index is 16.0. The van der Waals surface area contributed by atoms with Gasteiger partial charge in [-0.05, 0) is 12.8 Å². The molecule has 4 rings (SSSR count). The highest BCUT2D eigenvalue weighted by Gasteiger charge is 2.53. The van der Waals surface area contributed by atoms with Gasteiger partial charge in [-0.2, -0.15) is 0 Å². The van der Waals surface area contributed by atoms with E-state index >= 15 is 4.39 Å². The van der Waals surface area contributed by atoms with E-state index in [2.05, 4.69) is 19.8 Å². The molecule has 33 heavy (non-hydrogen) atoms. The van der Waals surface area contributed by atoms with Crippen molar-refractivity contribution in [2.45, 2.75) is 49.7 Å². The summed E-state index contributed by atoms with van der Waals surface area (Å²) in [5.41, 5.74) is 0.619. The number of hydrogen-bond acceptors (Lipinski definition) is 8. The number of pyridine rings is 1. The molecule has 4 atom stereocenters. The summed E-state index contributed by atoms with van der Waals surface area (Å²) in [5.74, 6) is -3.52. The maximum atomic E-state index is 16.0. The molecular formula is C17H24ClFN4O8P2. The van der Waals surface area contributed by atoms with Crippen molar-refractivity contribution in [2.75, 3.05) is 24.4 Å². The van der Waals surface area contributed by atoms with Gasteiger partial charge in [0, 0.05) is 12.1 Å². The molecular weight excluding hydrogens is 505 g/mol. The van der Waals surface area contributed by atoms with Crippen molar-refractivity contribution in [3.05, 3.63) is 17.5 Å². The molecule has 12 nitrogen and oxygen atoms in total. The number of nitrogens with zero attached hydrogens (tertiary/aromatic N) is 3. The summed E-state index contributed by atoms with van der Waals surface area (Å²) in [6.07, 6.45) is 2.07. The molecule has 2 fully saturated rings. The molecule has 0 spiro atoms. The zero-order chi connectivity index (χ0) is 24.0. The Balaban J connectivity index is 1.55. The lowest BCUT2D eigenvalue weighted by Gasteiger charge is -2.26. The largest absolute Gasteiger partial charge is 0.385 e. The molecule has 3 heterocycles. The van der Waals surface area contributed by atoms with Gasteiger partial charge in [-0.15, -0.1) is 0 Å². The van der Waals surface area contributed by atoms with Gasteiger partial charge < -0.3 is 34.4 Å². The molecule has 1 saturated carbocycles. The molecule has 5 N–H and O–H groups in total. The smallest absolute Gasteiger partial charge is 0.340 e. The third-order valence-corrected chi connectivity index (χ3v) is 9.36. The van der Waals surface area contributed by atoms with Crippen molar-refractivity contribution < 1.29 is 42.6 Å². The average molecular weight is 529 g/mol. The number of aliphatic hydroxyl groups is 1. The van der Waals surface area contributed by atoms with Crippen LogP contribution in [0, 0.1) is 0 Å². The molecule has 0 aromatic carbocycles. The van der Waals surface area contributed by atoms with Gasteiger partial charge in [0.2, 0.25) is 5.79 Å². The molecule has 16 heteroatoms. The molecule has 0 radical (unpaired) electrons. The third kappa shape index (κ3) is 5.42. The van der Waals surface area contributed by atoms with Gasteiger partial charge in [0.15, 0.2) is 11.7 Å². The summed E-state index contributed by atoms with van der Waals surface area (Å²) >= 11 is 6.16. The third-order valence-electron chi connectivity index (χ3n) is 5.71. The van der Waals surface area contributed by atoms with Crippen molar-refractivity contribution in [2.24, 2.45) is 0 Å². The summed E-state index contributed by atoms with van der Waals surface area (Å²) in [6, 6.07) is 1.61. The van der Waals surface area contributed by atoms with Crippen molar-refractivity contribution >= 4 is 43.6 Å². The van der Waals surface area contributed by atoms with E-state index in [0.29, 0.717) is 11.3 Å². The summed E-state index contributed by atoms with van der Waals surface area (Å²) in [5, 5.41) is 14.0. The number of alkyl halides is 1. The van der Waals surface area contributed by atoms with Crippen molar-refractivity contribution in [1.29, 1.82) is 0 Å². The lowest BCUT2D eigenvalue weighted by Crippen LogP contribution is -2.43. The second kappa shape index (κ2) is 9.14. The van der Waals surface area contributed by atoms with Crippen LogP contribution >= 0.6 is 26.8 Å². The van der Waals surface area contributed by atoms with Gasteiger partial charge in [0.1, 0.15) is 29.5 Å². The Bertz CT molecular complexity index is 1130. The first kappa shape index (κ1) is 25.0. The molecule has 184 valence electrons. The number of rotatable bonds is 8. The van der Waals surface area contributed by atoms with E-state index in [-0.39, 0.29) is 16.7 Å². The number of fused-ring (bicyclic) bond motifs is 1. The first-order valence-electron chi connectivity index (χ1n) is 10.2. The second-order valence-electron chi connectivity index (χ2n) is 8.25. The monoisotopic (exact) mass is 528 g/mol. The van der Waals surface area contributed by atoms with E-state index < -0.39 is 52.3 Å². The lowest BCUT2D eigenvalue weighted by atomic mass is 10.1. The topological polar surface area (TPSA) is 176 Å². The highest BCUT2D eigenvalue weighted by Crippen LogP contribution is 2.55. The van der Waals surface area contributed by atoms with E-state index in [1.165, 1.54) is 12.4 Å². The number of aliphatic hydroxyl groups excluding tert-OH is 1. The molecule has 1 aliphatic heterocycles. The molecule has 1 unspecified atom stereocenters. The molecule has 2 aromatic rings. The first-order chi connectivity index (χ1) is 15.4. The van der Waals surface area contributed by atoms with Gasteiger partial charge in [0.25, 0.3) is 0 Å². The van der Waals surface area contributed by atoms with Crippen molar-refractivity contribution in [3.8, 4) is 0 Å². The number of hydrogen-bond donors (Lipinski definition) is 5. The first-order valence-corrected chi connectivity index (χ1v) is 14.1. The fraction of sp³-hybridized carbons (Fsp3) is 0.647. The number of aromatic nitrogens is 3. The van der Waals surface area contributed by atoms with Gasteiger partial charge in [-0.3, -0.25) is 13.7 Å². The number of halogens is 2. The molecule has 0 bridgehead atoms. The van der Waals surface area contributed by atoms with Crippen molar-refractivity contribution in [3.63, 3.8) is 0 Å². The standard InChI is InChI=1S/C17H24ClFN4O8P2/c18-13-5-11-14(16(22-13)21-10-3-1-2-4-10)20-8-23(11)17(19)7-30-12(15(17)24)6-31-33(28,29)9-32(25,26)27/h5,8,10,12,15,24H,1-4,6-7,9H2,(H,21,22)(H,28,29)(H2,25,26,27)/t12-,15-,17+/m1/s1. The molecule has 2 aliphatic rings. The van der Waals surface area contributed by atoms with Crippen LogP contribution in [-0.2, 0) is 24.2 Å². The summed E-state index contributed by atoms with van der Waals surface area (Å²) in [7, 11) is -9.52. The Kier molecular flexibility index (Phi) is 6.92. The van der Waals surface area contributed by atoms with E-state index in [9.17, 15) is 19.1 Å². The number of nitrogens with one attached hydrogen (secondary N) is 1. The minimum atomic E-state index is -4.83. The van der Waals surface area contributed by atoms with Crippen LogP contribution in [0.25, 0.3) is 11.0 Å². The van der Waals surface area contributed by atoms with Crippen LogP contribution < -0.4 is 5.32 Å². The van der Waals surface area contributed by atoms with Crippen LogP contribution in [0.5, 0.6) is 0 Å². The zero-order valence-electron chi connectivity index (χ0n) is 17.3. The normalized spacial score (nSPS) is 28.4. The minimum absolute atomic E-state index is 0.0975. The zero-order valence-corrected chi connectivity index (χ0v) is 19.8. The number of anilines is 1. The Morgan fingerprint density at radius 1 is 1.33 bits per heavy atom. The van der Waals surface area contributed by atoms with Crippen LogP contribution in [0.15, 0.2) is 12.4 Å². The van der Waals surface area contributed by atoms with Crippen molar-refractivity contribution in [1.82, 2.24) is 14.5 Å². The summed E-state index contributed by atoms with van der Waals surface area (Å²) < 4.78 is 49.8. The second-order valence-corrected chi connectivity index (χ2v) is 12.6. The minimum Gasteiger partial charge on any atom is -0.385 e. The predicted octanol–water partition coefficient (Wildman–Crippen LogP) is 2.16. The van der Waals surface area contributed by atoms with E-state index in [1.807, 2.05) is 0 Å². The summed E-state index contributed by atoms with van der Waals surface area (Å²) in [4.78, 5) is 35.8. The quantitative estimate of drug-likeness (QED) is 0.250. The van der Waals surface area contributed by atoms with Crippen LogP contribution in [0.1, 0.15) is 25.7 Å². The highest BCUT2D eigenvalue weighted by molar-refractivity contribution is 7.70. The fourth-order valence-corrected chi connectivity index (χ4v) is 6.90. The predicted molar refractivity (Wildman–Crippen MR) is 116 cm³/mol. The van der Waals surface area contributed by atoms with Crippen LogP contribution in [0.2, 0.25) is 5.15 Å². The van der Waals surface area contributed by atoms with Crippen LogP contribution in [0.4, 0.5) is 10.2 Å². The fourth-order valence-electron chi connectivity index (χ4n) is 4.14. The Morgan fingerprint density at radius 2 is 2.03 bits per heavy atom. The lowest BCUT2D eigenvalue weighted by molar-refractivity contribution is -0.0445. The average Bonchev–Trinajstić information content (AvgIpc) is 3.40. The Labute approximate surface area is 192 Å². The SMILES string of the molecule is O=P(O)(O)CP(=O)(O)OC[C@H]1OC[C@](F)(n2cnc3c(NC4CCCC4)nc(Cl)cc32)[C@@H]1O. The van der Waals surface area contributed by atoms with E-state index in [4.69, 9.17) is 26.1 Å². The van der Waals surface area contributed by atoms with Crippen LogP contribution in [0.3, 0.4) is 0 Å². The molecule has 0 amide bonds. The van der Waals surface area contributed by atoms with E-state index in [1.54, 1.807) is 0 Å². The maximum Gasteiger partial charge on any atom is 0.340 e. The Hall–Kier alpha value is -1.14. The van der Waals surface area contributed by atoms with Gasteiger partial charge >= 0.3 is 15.2 Å². The van der Waals surface area contributed by atoms with Gasteiger partial charge in [-0.1, -0.05) is 24.4 Å². The molecule has 2 aromatic heterocycles. The highest BCUT2D eigenvalue weighted by atomic mass is 35.5. The van der Waals surface area contributed by atoms with Crippen LogP contribution in [-0.4, -0.2) is 71.7 Å². The molecule has 1 saturated heterocycles. The van der Waals surface area contributed by atoms with Gasteiger partial charge in [-0.25, -0.2) is 14.4 Å². The summed E-state index contributed by atoms with van der Waals surface area (Å²) in [6.45, 7) is -1.39. The van der Waals surface area contributed by atoms with Gasteiger partial charge in [0.05, 0.1) is 18.5 Å². The Morgan fingerprint density at radius 3 is 2.70 bits per heavy atom.